The number of hydrogen-bond acceptors (Lipinski definition) is 3. The number of aromatic nitrogens is 1. The van der Waals surface area contributed by atoms with Crippen LogP contribution in [0.2, 0.25) is 0 Å². The van der Waals surface area contributed by atoms with Crippen LogP contribution in [0.25, 0.3) is 0 Å². The maximum absolute atomic E-state index is 5.29. The lowest BCUT2D eigenvalue weighted by atomic mass is 10.4. The predicted molar refractivity (Wildman–Crippen MR) is 60.0 cm³/mol. The summed E-state index contributed by atoms with van der Waals surface area (Å²) in [5, 5.41) is 0. The van der Waals surface area contributed by atoms with Gasteiger partial charge >= 0.3 is 0 Å². The van der Waals surface area contributed by atoms with Crippen molar-refractivity contribution in [1.29, 1.82) is 0 Å². The molecule has 2 rings (SSSR count). The van der Waals surface area contributed by atoms with Crippen LogP contribution in [0.5, 0.6) is 0 Å². The van der Waals surface area contributed by atoms with Crippen molar-refractivity contribution in [1.82, 2.24) is 4.98 Å². The lowest BCUT2D eigenvalue weighted by Crippen LogP contribution is -2.37. The minimum absolute atomic E-state index is 0.812. The van der Waals surface area contributed by atoms with E-state index in [0.29, 0.717) is 0 Å². The van der Waals surface area contributed by atoms with Crippen molar-refractivity contribution in [3.8, 4) is 0 Å². The lowest BCUT2D eigenvalue weighted by molar-refractivity contribution is 0.122. The van der Waals surface area contributed by atoms with E-state index in [2.05, 4.69) is 38.5 Å². The fourth-order valence-electron chi connectivity index (χ4n) is 1.39. The largest absolute Gasteiger partial charge is 0.378 e. The standard InChI is InChI=1S/C9H11IN2O/c10-8-2-1-3-11-9(8)12-4-6-13-7-5-12/h1-3H,4-7H2. The van der Waals surface area contributed by atoms with Gasteiger partial charge in [0.15, 0.2) is 0 Å². The molecule has 0 N–H and O–H groups in total. The van der Waals surface area contributed by atoms with Gasteiger partial charge in [-0.25, -0.2) is 4.98 Å². The van der Waals surface area contributed by atoms with E-state index in [-0.39, 0.29) is 0 Å². The highest BCUT2D eigenvalue weighted by atomic mass is 127. The summed E-state index contributed by atoms with van der Waals surface area (Å²) in [5.41, 5.74) is 0. The molecule has 0 amide bonds. The van der Waals surface area contributed by atoms with Crippen LogP contribution < -0.4 is 4.90 Å². The van der Waals surface area contributed by atoms with Crippen LogP contribution in [0, 0.1) is 3.57 Å². The normalized spacial score (nSPS) is 17.5. The molecule has 13 heavy (non-hydrogen) atoms. The second-order valence-corrected chi connectivity index (χ2v) is 4.07. The van der Waals surface area contributed by atoms with Crippen molar-refractivity contribution >= 4 is 28.4 Å². The third kappa shape index (κ3) is 2.11. The molecule has 0 radical (unpaired) electrons. The Hall–Kier alpha value is -0.360. The molecule has 1 aliphatic heterocycles. The first-order chi connectivity index (χ1) is 6.38. The molecule has 0 bridgehead atoms. The molecular formula is C9H11IN2O. The van der Waals surface area contributed by atoms with Gasteiger partial charge in [0.05, 0.1) is 16.8 Å². The number of nitrogens with zero attached hydrogens (tertiary/aromatic N) is 2. The molecule has 0 spiro atoms. The van der Waals surface area contributed by atoms with Gasteiger partial charge < -0.3 is 9.64 Å². The monoisotopic (exact) mass is 290 g/mol. The molecule has 70 valence electrons. The van der Waals surface area contributed by atoms with Gasteiger partial charge in [-0.2, -0.15) is 0 Å². The quantitative estimate of drug-likeness (QED) is 0.733. The average Bonchev–Trinajstić information content (AvgIpc) is 2.20. The summed E-state index contributed by atoms with van der Waals surface area (Å²) < 4.78 is 6.50. The van der Waals surface area contributed by atoms with Crippen molar-refractivity contribution in [2.75, 3.05) is 31.2 Å². The van der Waals surface area contributed by atoms with Crippen LogP contribution in [0.15, 0.2) is 18.3 Å². The van der Waals surface area contributed by atoms with Gasteiger partial charge in [-0.1, -0.05) is 0 Å². The van der Waals surface area contributed by atoms with Crippen LogP contribution >= 0.6 is 22.6 Å². The number of halogens is 1. The van der Waals surface area contributed by atoms with Crippen molar-refractivity contribution in [3.05, 3.63) is 21.9 Å². The van der Waals surface area contributed by atoms with Gasteiger partial charge in [0, 0.05) is 19.3 Å². The maximum Gasteiger partial charge on any atom is 0.142 e. The van der Waals surface area contributed by atoms with Crippen molar-refractivity contribution in [3.63, 3.8) is 0 Å². The van der Waals surface area contributed by atoms with E-state index in [1.807, 2.05) is 12.3 Å². The fourth-order valence-corrected chi connectivity index (χ4v) is 2.07. The lowest BCUT2D eigenvalue weighted by Gasteiger charge is -2.28. The molecule has 4 heteroatoms. The summed E-state index contributed by atoms with van der Waals surface area (Å²) in [4.78, 5) is 6.63. The van der Waals surface area contributed by atoms with Gasteiger partial charge in [-0.3, -0.25) is 0 Å². The first kappa shape index (κ1) is 9.21. The molecule has 1 aliphatic rings. The zero-order chi connectivity index (χ0) is 9.10. The van der Waals surface area contributed by atoms with Crippen molar-refractivity contribution in [2.45, 2.75) is 0 Å². The Balaban J connectivity index is 2.18. The molecule has 0 aliphatic carbocycles. The van der Waals surface area contributed by atoms with E-state index in [1.165, 1.54) is 3.57 Å². The Bertz CT molecular complexity index is 287. The number of morpholine rings is 1. The molecule has 1 aromatic heterocycles. The van der Waals surface area contributed by atoms with Crippen LogP contribution in [0.4, 0.5) is 5.82 Å². The summed E-state index contributed by atoms with van der Waals surface area (Å²) in [7, 11) is 0. The number of pyridine rings is 1. The smallest absolute Gasteiger partial charge is 0.142 e. The number of hydrogen-bond donors (Lipinski definition) is 0. The molecule has 1 fully saturated rings. The highest BCUT2D eigenvalue weighted by Gasteiger charge is 2.13. The molecule has 1 aromatic rings. The molecule has 2 heterocycles. The van der Waals surface area contributed by atoms with Gasteiger partial charge in [-0.15, -0.1) is 0 Å². The molecule has 3 nitrogen and oxygen atoms in total. The summed E-state index contributed by atoms with van der Waals surface area (Å²) in [5.74, 6) is 1.09. The highest BCUT2D eigenvalue weighted by Crippen LogP contribution is 2.19. The second kappa shape index (κ2) is 4.23. The Morgan fingerprint density at radius 3 is 2.85 bits per heavy atom. The maximum atomic E-state index is 5.29. The summed E-state index contributed by atoms with van der Waals surface area (Å²) in [6.45, 7) is 3.53. The third-order valence-corrected chi connectivity index (χ3v) is 2.89. The van der Waals surface area contributed by atoms with Crippen LogP contribution in [-0.4, -0.2) is 31.3 Å². The van der Waals surface area contributed by atoms with Gasteiger partial charge in [0.25, 0.3) is 0 Å². The first-order valence-electron chi connectivity index (χ1n) is 4.31. The Kier molecular flexibility index (Phi) is 3.00. The minimum atomic E-state index is 0.812. The summed E-state index contributed by atoms with van der Waals surface area (Å²) in [6, 6.07) is 4.05. The summed E-state index contributed by atoms with van der Waals surface area (Å²) in [6.07, 6.45) is 1.84. The Morgan fingerprint density at radius 1 is 1.38 bits per heavy atom. The van der Waals surface area contributed by atoms with E-state index in [0.717, 1.165) is 32.1 Å². The topological polar surface area (TPSA) is 25.4 Å². The SMILES string of the molecule is Ic1cccnc1N1CCOCC1. The van der Waals surface area contributed by atoms with Gasteiger partial charge in [-0.05, 0) is 34.7 Å². The fraction of sp³-hybridized carbons (Fsp3) is 0.444. The summed E-state index contributed by atoms with van der Waals surface area (Å²) >= 11 is 2.32. The zero-order valence-electron chi connectivity index (χ0n) is 7.24. The zero-order valence-corrected chi connectivity index (χ0v) is 9.40. The predicted octanol–water partition coefficient (Wildman–Crippen LogP) is 1.52. The minimum Gasteiger partial charge on any atom is -0.378 e. The van der Waals surface area contributed by atoms with Crippen LogP contribution in [0.1, 0.15) is 0 Å². The average molecular weight is 290 g/mol. The number of anilines is 1. The molecule has 1 saturated heterocycles. The van der Waals surface area contributed by atoms with E-state index in [4.69, 9.17) is 4.74 Å². The molecule has 0 saturated carbocycles. The molecular weight excluding hydrogens is 279 g/mol. The Morgan fingerprint density at radius 2 is 2.15 bits per heavy atom. The number of ether oxygens (including phenoxy) is 1. The van der Waals surface area contributed by atoms with Crippen molar-refractivity contribution < 1.29 is 4.74 Å². The van der Waals surface area contributed by atoms with Gasteiger partial charge in [0.2, 0.25) is 0 Å². The van der Waals surface area contributed by atoms with Crippen LogP contribution in [-0.2, 0) is 4.74 Å². The first-order valence-corrected chi connectivity index (χ1v) is 5.39. The van der Waals surface area contributed by atoms with E-state index in [9.17, 15) is 0 Å². The number of rotatable bonds is 1. The molecule has 0 aromatic carbocycles. The molecule has 0 unspecified atom stereocenters. The third-order valence-electron chi connectivity index (χ3n) is 2.05. The Labute approximate surface area is 91.2 Å². The second-order valence-electron chi connectivity index (χ2n) is 2.91. The van der Waals surface area contributed by atoms with Crippen molar-refractivity contribution in [2.24, 2.45) is 0 Å². The molecule has 0 atom stereocenters. The van der Waals surface area contributed by atoms with Crippen LogP contribution in [0.3, 0.4) is 0 Å². The van der Waals surface area contributed by atoms with E-state index >= 15 is 0 Å². The highest BCUT2D eigenvalue weighted by molar-refractivity contribution is 14.1. The van der Waals surface area contributed by atoms with E-state index in [1.54, 1.807) is 0 Å². The van der Waals surface area contributed by atoms with Gasteiger partial charge in [0.1, 0.15) is 5.82 Å². The van der Waals surface area contributed by atoms with E-state index < -0.39 is 0 Å².